The van der Waals surface area contributed by atoms with Crippen molar-refractivity contribution in [3.05, 3.63) is 107 Å². The molecule has 38 heavy (non-hydrogen) atoms. The Morgan fingerprint density at radius 2 is 1.24 bits per heavy atom. The molecule has 0 aliphatic heterocycles. The molecule has 0 amide bonds. The van der Waals surface area contributed by atoms with Gasteiger partial charge < -0.3 is 9.52 Å². The van der Waals surface area contributed by atoms with Gasteiger partial charge in [-0.05, 0) is 81.5 Å². The Balaban J connectivity index is -0.000000196. The van der Waals surface area contributed by atoms with Crippen LogP contribution in [0.2, 0.25) is 0 Å². The van der Waals surface area contributed by atoms with Gasteiger partial charge in [0.1, 0.15) is 17.3 Å². The maximum absolute atomic E-state index is 8.90. The molecular weight excluding hydrogens is 484 g/mol. The molecule has 0 aliphatic rings. The van der Waals surface area contributed by atoms with Gasteiger partial charge in [-0.1, -0.05) is 97.9 Å². The lowest BCUT2D eigenvalue weighted by Crippen LogP contribution is -1.68. The first-order chi connectivity index (χ1) is 18.4. The van der Waals surface area contributed by atoms with Crippen LogP contribution in [0, 0.1) is 27.7 Å². The van der Waals surface area contributed by atoms with Gasteiger partial charge in [-0.15, -0.1) is 24.5 Å². The molecule has 0 aliphatic carbocycles. The molecule has 0 unspecified atom stereocenters. The van der Waals surface area contributed by atoms with E-state index in [9.17, 15) is 0 Å². The molecule has 2 heterocycles. The second-order valence-corrected chi connectivity index (χ2v) is 7.87. The lowest BCUT2D eigenvalue weighted by Gasteiger charge is -1.91. The van der Waals surface area contributed by atoms with Crippen molar-refractivity contribution in [2.45, 2.75) is 90.0 Å². The molecule has 0 fully saturated rings. The molecule has 0 saturated heterocycles. The summed E-state index contributed by atoms with van der Waals surface area (Å²) in [4.78, 5) is 1.39. The zero-order valence-corrected chi connectivity index (χ0v) is 27.4. The van der Waals surface area contributed by atoms with Gasteiger partial charge in [0.2, 0.25) is 0 Å². The summed E-state index contributed by atoms with van der Waals surface area (Å²) in [6.45, 7) is 32.1. The van der Waals surface area contributed by atoms with E-state index in [1.807, 2.05) is 125 Å². The van der Waals surface area contributed by atoms with E-state index in [-0.39, 0.29) is 0 Å². The SMILES string of the molecule is C/C=C/c1ccc(O)cc1.C=C.CC.CC.CC.CC.Cc1cc(C)c(C)o1.Cc1cc2ccccc2s1. The fraction of sp³-hybridized carbons (Fsp3) is 0.371. The van der Waals surface area contributed by atoms with Crippen LogP contribution in [0.4, 0.5) is 0 Å². The highest BCUT2D eigenvalue weighted by molar-refractivity contribution is 7.19. The highest BCUT2D eigenvalue weighted by Gasteiger charge is 1.95. The van der Waals surface area contributed by atoms with Gasteiger partial charge in [-0.3, -0.25) is 0 Å². The number of allylic oxidation sites excluding steroid dienone is 1. The van der Waals surface area contributed by atoms with Crippen LogP contribution in [0.5, 0.6) is 5.75 Å². The van der Waals surface area contributed by atoms with Crippen molar-refractivity contribution < 1.29 is 9.52 Å². The third kappa shape index (κ3) is 20.1. The third-order valence-electron chi connectivity index (χ3n) is 4.09. The number of rotatable bonds is 1. The predicted molar refractivity (Wildman–Crippen MR) is 179 cm³/mol. The first-order valence-corrected chi connectivity index (χ1v) is 14.6. The van der Waals surface area contributed by atoms with E-state index >= 15 is 0 Å². The van der Waals surface area contributed by atoms with Gasteiger partial charge >= 0.3 is 0 Å². The molecule has 4 rings (SSSR count). The summed E-state index contributed by atoms with van der Waals surface area (Å²) in [5.74, 6) is 2.34. The Morgan fingerprint density at radius 1 is 0.737 bits per heavy atom. The summed E-state index contributed by atoms with van der Waals surface area (Å²) >= 11 is 1.85. The van der Waals surface area contributed by atoms with Crippen LogP contribution < -0.4 is 0 Å². The van der Waals surface area contributed by atoms with Gasteiger partial charge in [-0.25, -0.2) is 0 Å². The summed E-state index contributed by atoms with van der Waals surface area (Å²) in [6.07, 6.45) is 3.95. The number of fused-ring (bicyclic) bond motifs is 1. The van der Waals surface area contributed by atoms with Gasteiger partial charge in [0.05, 0.1) is 0 Å². The predicted octanol–water partition coefficient (Wildman–Crippen LogP) is 12.7. The third-order valence-corrected chi connectivity index (χ3v) is 5.12. The Kier molecular flexibility index (Phi) is 33.4. The lowest BCUT2D eigenvalue weighted by molar-refractivity contribution is 0.475. The van der Waals surface area contributed by atoms with Crippen molar-refractivity contribution in [1.29, 1.82) is 0 Å². The number of phenolic OH excluding ortho intramolecular Hbond substituents is 1. The van der Waals surface area contributed by atoms with Crippen LogP contribution in [0.3, 0.4) is 0 Å². The quantitative estimate of drug-likeness (QED) is 0.244. The van der Waals surface area contributed by atoms with Crippen molar-refractivity contribution in [3.63, 3.8) is 0 Å². The normalized spacial score (nSPS) is 8.34. The van der Waals surface area contributed by atoms with E-state index in [4.69, 9.17) is 9.52 Å². The van der Waals surface area contributed by atoms with Gasteiger partial charge in [0.25, 0.3) is 0 Å². The lowest BCUT2D eigenvalue weighted by atomic mass is 10.2. The fourth-order valence-corrected chi connectivity index (χ4v) is 3.57. The minimum Gasteiger partial charge on any atom is -0.508 e. The summed E-state index contributed by atoms with van der Waals surface area (Å²) in [6, 6.07) is 19.8. The number of aryl methyl sites for hydroxylation is 4. The van der Waals surface area contributed by atoms with Crippen LogP contribution >= 0.6 is 11.3 Å². The number of benzene rings is 2. The maximum Gasteiger partial charge on any atom is 0.115 e. The molecule has 0 bridgehead atoms. The van der Waals surface area contributed by atoms with E-state index in [2.05, 4.69) is 50.4 Å². The zero-order chi connectivity index (χ0) is 30.5. The molecule has 2 nitrogen and oxygen atoms in total. The average Bonchev–Trinajstić information content (AvgIpc) is 3.50. The Bertz CT molecular complexity index is 985. The summed E-state index contributed by atoms with van der Waals surface area (Å²) in [5.41, 5.74) is 2.35. The minimum atomic E-state index is 0.313. The van der Waals surface area contributed by atoms with Crippen molar-refractivity contribution in [3.8, 4) is 5.75 Å². The first kappa shape index (κ1) is 42.1. The molecule has 3 heteroatoms. The number of hydrogen-bond donors (Lipinski definition) is 1. The zero-order valence-electron chi connectivity index (χ0n) is 26.6. The molecule has 4 aromatic rings. The van der Waals surface area contributed by atoms with Crippen LogP contribution in [-0.2, 0) is 0 Å². The highest BCUT2D eigenvalue weighted by atomic mass is 32.1. The average molecular weight is 541 g/mol. The van der Waals surface area contributed by atoms with Crippen LogP contribution in [0.25, 0.3) is 16.2 Å². The topological polar surface area (TPSA) is 33.4 Å². The van der Waals surface area contributed by atoms with Crippen molar-refractivity contribution in [1.82, 2.24) is 0 Å². The van der Waals surface area contributed by atoms with Crippen LogP contribution in [0.15, 0.2) is 84.3 Å². The summed E-state index contributed by atoms with van der Waals surface area (Å²) in [5, 5.41) is 10.3. The van der Waals surface area contributed by atoms with Crippen molar-refractivity contribution >= 4 is 27.5 Å². The van der Waals surface area contributed by atoms with E-state index < -0.39 is 0 Å². The molecule has 2 aromatic carbocycles. The monoisotopic (exact) mass is 540 g/mol. The smallest absolute Gasteiger partial charge is 0.115 e. The Hall–Kier alpha value is -3.04. The largest absolute Gasteiger partial charge is 0.508 e. The molecule has 0 spiro atoms. The standard InChI is InChI=1S/C9H10O.C9H8S.C7H10O.4C2H6.C2H4/c1-2-3-8-4-6-9(10)7-5-8;1-7-6-8-4-2-3-5-9(8)10-7;1-5-4-6(2)8-7(5)3;5*1-2/h2-7,10H,1H3;2-6H,1H3;4H,1-3H3;4*1-2H3;1-2H2/b3-2+;;;;;;;. The second kappa shape index (κ2) is 30.2. The molecule has 0 saturated carbocycles. The van der Waals surface area contributed by atoms with E-state index in [1.165, 1.54) is 20.5 Å². The van der Waals surface area contributed by atoms with Gasteiger partial charge in [0.15, 0.2) is 0 Å². The maximum atomic E-state index is 8.90. The molecule has 0 radical (unpaired) electrons. The number of phenols is 1. The highest BCUT2D eigenvalue weighted by Crippen LogP contribution is 2.23. The second-order valence-electron chi connectivity index (χ2n) is 6.58. The number of thiophene rings is 1. The summed E-state index contributed by atoms with van der Waals surface area (Å²) < 4.78 is 6.60. The Labute approximate surface area is 239 Å². The number of hydrogen-bond acceptors (Lipinski definition) is 3. The summed E-state index contributed by atoms with van der Waals surface area (Å²) in [7, 11) is 0. The van der Waals surface area contributed by atoms with Gasteiger partial charge in [-0.2, -0.15) is 0 Å². The molecule has 1 N–H and O–H groups in total. The first-order valence-electron chi connectivity index (χ1n) is 13.8. The minimum absolute atomic E-state index is 0.313. The molecular formula is C35H56O2S. The number of aromatic hydroxyl groups is 1. The van der Waals surface area contributed by atoms with E-state index in [1.54, 1.807) is 12.1 Å². The fourth-order valence-electron chi connectivity index (χ4n) is 2.65. The van der Waals surface area contributed by atoms with Crippen molar-refractivity contribution in [2.75, 3.05) is 0 Å². The molecule has 214 valence electrons. The van der Waals surface area contributed by atoms with E-state index in [0.29, 0.717) is 5.75 Å². The molecule has 0 atom stereocenters. The van der Waals surface area contributed by atoms with Crippen molar-refractivity contribution in [2.24, 2.45) is 0 Å². The molecule has 2 aromatic heterocycles. The van der Waals surface area contributed by atoms with Crippen LogP contribution in [0.1, 0.15) is 89.8 Å². The van der Waals surface area contributed by atoms with Crippen LogP contribution in [-0.4, -0.2) is 5.11 Å². The Morgan fingerprint density at radius 3 is 1.61 bits per heavy atom. The number of furan rings is 1. The van der Waals surface area contributed by atoms with E-state index in [0.717, 1.165) is 17.1 Å². The van der Waals surface area contributed by atoms with Gasteiger partial charge in [0, 0.05) is 9.58 Å².